The van der Waals surface area contributed by atoms with Crippen LogP contribution < -0.4 is 0 Å². The number of rotatable bonds is 2. The number of fused-ring (bicyclic) bond motifs is 1. The zero-order valence-corrected chi connectivity index (χ0v) is 8.99. The van der Waals surface area contributed by atoms with Gasteiger partial charge in [0, 0.05) is 6.54 Å². The molecular weight excluding hydrogens is 186 g/mol. The van der Waals surface area contributed by atoms with Crippen LogP contribution in [0.15, 0.2) is 18.2 Å². The van der Waals surface area contributed by atoms with Crippen molar-refractivity contribution in [3.8, 4) is 6.07 Å². The molecule has 2 aromatic rings. The summed E-state index contributed by atoms with van der Waals surface area (Å²) in [7, 11) is 0. The van der Waals surface area contributed by atoms with E-state index >= 15 is 0 Å². The number of aromatic nitrogens is 2. The van der Waals surface area contributed by atoms with E-state index in [0.29, 0.717) is 6.42 Å². The molecule has 1 aromatic carbocycles. The van der Waals surface area contributed by atoms with Crippen LogP contribution in [0.1, 0.15) is 18.3 Å². The van der Waals surface area contributed by atoms with E-state index in [1.165, 1.54) is 5.56 Å². The van der Waals surface area contributed by atoms with E-state index in [-0.39, 0.29) is 0 Å². The molecule has 0 spiro atoms. The van der Waals surface area contributed by atoms with Crippen molar-refractivity contribution in [3.63, 3.8) is 0 Å². The molecule has 0 radical (unpaired) electrons. The first-order chi connectivity index (χ1) is 7.26. The minimum Gasteiger partial charge on any atom is -0.327 e. The normalized spacial score (nSPS) is 10.5. The molecule has 1 heterocycles. The summed E-state index contributed by atoms with van der Waals surface area (Å²) in [5.41, 5.74) is 3.31. The van der Waals surface area contributed by atoms with E-state index in [4.69, 9.17) is 5.26 Å². The minimum absolute atomic E-state index is 0.377. The lowest BCUT2D eigenvalue weighted by molar-refractivity contribution is 0.739. The van der Waals surface area contributed by atoms with Gasteiger partial charge in [-0.1, -0.05) is 6.07 Å². The van der Waals surface area contributed by atoms with Crippen molar-refractivity contribution in [2.24, 2.45) is 0 Å². The smallest absolute Gasteiger partial charge is 0.124 e. The lowest BCUT2D eigenvalue weighted by Gasteiger charge is -2.02. The third kappa shape index (κ3) is 1.59. The van der Waals surface area contributed by atoms with Gasteiger partial charge in [-0.05, 0) is 31.5 Å². The number of aryl methyl sites for hydroxylation is 2. The van der Waals surface area contributed by atoms with Crippen LogP contribution in [0.25, 0.3) is 11.0 Å². The van der Waals surface area contributed by atoms with Gasteiger partial charge in [-0.25, -0.2) is 4.98 Å². The van der Waals surface area contributed by atoms with Crippen LogP contribution in [-0.4, -0.2) is 9.55 Å². The minimum atomic E-state index is 0.377. The number of imidazole rings is 1. The van der Waals surface area contributed by atoms with Crippen molar-refractivity contribution in [1.82, 2.24) is 9.55 Å². The Balaban J connectivity index is 2.68. The number of nitriles is 1. The van der Waals surface area contributed by atoms with Gasteiger partial charge in [0.25, 0.3) is 0 Å². The zero-order chi connectivity index (χ0) is 10.8. The molecule has 0 amide bonds. The maximum absolute atomic E-state index is 8.72. The van der Waals surface area contributed by atoms with Gasteiger partial charge in [0.1, 0.15) is 5.82 Å². The van der Waals surface area contributed by atoms with Crippen molar-refractivity contribution in [2.45, 2.75) is 26.8 Å². The fourth-order valence-corrected chi connectivity index (χ4v) is 1.85. The van der Waals surface area contributed by atoms with Crippen molar-refractivity contribution >= 4 is 11.0 Å². The Morgan fingerprint density at radius 3 is 2.93 bits per heavy atom. The third-order valence-corrected chi connectivity index (χ3v) is 2.54. The fraction of sp³-hybridized carbons (Fsp3) is 0.333. The van der Waals surface area contributed by atoms with E-state index in [1.54, 1.807) is 0 Å². The number of hydrogen-bond acceptors (Lipinski definition) is 2. The van der Waals surface area contributed by atoms with Crippen LogP contribution in [0.2, 0.25) is 0 Å². The number of hydrogen-bond donors (Lipinski definition) is 0. The first kappa shape index (κ1) is 9.72. The summed E-state index contributed by atoms with van der Waals surface area (Å²) in [6, 6.07) is 8.36. The molecule has 15 heavy (non-hydrogen) atoms. The molecule has 3 heteroatoms. The summed E-state index contributed by atoms with van der Waals surface area (Å²) in [5.74, 6) is 0.862. The monoisotopic (exact) mass is 199 g/mol. The predicted octanol–water partition coefficient (Wildman–Crippen LogP) is 2.43. The van der Waals surface area contributed by atoms with Gasteiger partial charge < -0.3 is 4.57 Å². The van der Waals surface area contributed by atoms with E-state index in [1.807, 2.05) is 6.92 Å². The molecular formula is C12H13N3. The first-order valence-corrected chi connectivity index (χ1v) is 5.09. The average Bonchev–Trinajstić information content (AvgIpc) is 2.54. The van der Waals surface area contributed by atoms with Crippen LogP contribution in [-0.2, 0) is 13.0 Å². The Morgan fingerprint density at radius 1 is 1.47 bits per heavy atom. The highest BCUT2D eigenvalue weighted by Gasteiger charge is 2.08. The topological polar surface area (TPSA) is 41.6 Å². The van der Waals surface area contributed by atoms with Crippen LogP contribution in [0.5, 0.6) is 0 Å². The van der Waals surface area contributed by atoms with E-state index in [0.717, 1.165) is 23.4 Å². The molecule has 0 N–H and O–H groups in total. The van der Waals surface area contributed by atoms with Gasteiger partial charge >= 0.3 is 0 Å². The van der Waals surface area contributed by atoms with E-state index in [2.05, 4.69) is 40.7 Å². The van der Waals surface area contributed by atoms with Gasteiger partial charge in [0.2, 0.25) is 0 Å². The number of nitrogens with zero attached hydrogens (tertiary/aromatic N) is 3. The van der Waals surface area contributed by atoms with Crippen LogP contribution >= 0.6 is 0 Å². The third-order valence-electron chi connectivity index (χ3n) is 2.54. The van der Waals surface area contributed by atoms with Crippen LogP contribution in [0.3, 0.4) is 0 Å². The zero-order valence-electron chi connectivity index (χ0n) is 8.99. The van der Waals surface area contributed by atoms with Crippen molar-refractivity contribution in [2.75, 3.05) is 0 Å². The molecule has 0 saturated heterocycles. The molecule has 0 unspecified atom stereocenters. The lowest BCUT2D eigenvalue weighted by atomic mass is 10.2. The van der Waals surface area contributed by atoms with Crippen molar-refractivity contribution < 1.29 is 0 Å². The lowest BCUT2D eigenvalue weighted by Crippen LogP contribution is -2.00. The number of benzene rings is 1. The van der Waals surface area contributed by atoms with E-state index in [9.17, 15) is 0 Å². The highest BCUT2D eigenvalue weighted by molar-refractivity contribution is 5.76. The molecule has 76 valence electrons. The maximum Gasteiger partial charge on any atom is 0.124 e. The Morgan fingerprint density at radius 2 is 2.27 bits per heavy atom. The Kier molecular flexibility index (Phi) is 2.42. The van der Waals surface area contributed by atoms with Crippen molar-refractivity contribution in [1.29, 1.82) is 5.26 Å². The molecule has 0 atom stereocenters. The predicted molar refractivity (Wildman–Crippen MR) is 59.5 cm³/mol. The van der Waals surface area contributed by atoms with Gasteiger partial charge in [-0.15, -0.1) is 0 Å². The van der Waals surface area contributed by atoms with Crippen LogP contribution in [0, 0.1) is 18.3 Å². The Bertz CT molecular complexity index is 532. The Hall–Kier alpha value is -1.82. The van der Waals surface area contributed by atoms with Crippen molar-refractivity contribution in [3.05, 3.63) is 29.6 Å². The van der Waals surface area contributed by atoms with Crippen LogP contribution in [0.4, 0.5) is 0 Å². The molecule has 0 bridgehead atoms. The average molecular weight is 199 g/mol. The summed E-state index contributed by atoms with van der Waals surface area (Å²) in [5, 5.41) is 8.72. The second-order valence-corrected chi connectivity index (χ2v) is 3.60. The molecule has 0 aliphatic rings. The SMILES string of the molecule is CCn1c(CC#N)nc2cc(C)ccc21. The summed E-state index contributed by atoms with van der Waals surface area (Å²) in [6.45, 7) is 4.98. The Labute approximate surface area is 89.0 Å². The standard InChI is InChI=1S/C12H13N3/c1-3-15-11-5-4-9(2)8-10(11)14-12(15)6-7-13/h4-5,8H,3,6H2,1-2H3. The fourth-order valence-electron chi connectivity index (χ4n) is 1.85. The molecule has 3 nitrogen and oxygen atoms in total. The first-order valence-electron chi connectivity index (χ1n) is 5.09. The largest absolute Gasteiger partial charge is 0.327 e. The molecule has 0 aliphatic carbocycles. The molecule has 2 rings (SSSR count). The molecule has 0 fully saturated rings. The highest BCUT2D eigenvalue weighted by atomic mass is 15.1. The second-order valence-electron chi connectivity index (χ2n) is 3.60. The second kappa shape index (κ2) is 3.74. The molecule has 0 saturated carbocycles. The molecule has 1 aromatic heterocycles. The molecule has 0 aliphatic heterocycles. The highest BCUT2D eigenvalue weighted by Crippen LogP contribution is 2.17. The maximum atomic E-state index is 8.72. The van der Waals surface area contributed by atoms with Gasteiger partial charge in [0.05, 0.1) is 23.5 Å². The summed E-state index contributed by atoms with van der Waals surface area (Å²) < 4.78 is 2.10. The summed E-state index contributed by atoms with van der Waals surface area (Å²) in [6.07, 6.45) is 0.377. The van der Waals surface area contributed by atoms with Gasteiger partial charge in [-0.2, -0.15) is 5.26 Å². The van der Waals surface area contributed by atoms with Gasteiger partial charge in [-0.3, -0.25) is 0 Å². The quantitative estimate of drug-likeness (QED) is 0.745. The van der Waals surface area contributed by atoms with E-state index < -0.39 is 0 Å². The van der Waals surface area contributed by atoms with Gasteiger partial charge in [0.15, 0.2) is 0 Å². The summed E-state index contributed by atoms with van der Waals surface area (Å²) >= 11 is 0. The summed E-state index contributed by atoms with van der Waals surface area (Å²) in [4.78, 5) is 4.47.